The Kier molecular flexibility index (Phi) is 6.26. The van der Waals surface area contributed by atoms with E-state index < -0.39 is 0 Å². The first-order valence-corrected chi connectivity index (χ1v) is 11.3. The number of fused-ring (bicyclic) bond motifs is 1. The Labute approximate surface area is 178 Å². The number of rotatable bonds is 5. The van der Waals surface area contributed by atoms with Gasteiger partial charge in [0.05, 0.1) is 5.69 Å². The van der Waals surface area contributed by atoms with E-state index in [4.69, 9.17) is 16.6 Å². The van der Waals surface area contributed by atoms with E-state index in [2.05, 4.69) is 40.8 Å². The Hall–Kier alpha value is -1.85. The van der Waals surface area contributed by atoms with Gasteiger partial charge < -0.3 is 9.88 Å². The molecule has 0 amide bonds. The molecule has 6 heteroatoms. The van der Waals surface area contributed by atoms with Crippen molar-refractivity contribution in [2.75, 3.05) is 24.5 Å². The molecule has 1 aliphatic carbocycles. The van der Waals surface area contributed by atoms with Gasteiger partial charge in [0.1, 0.15) is 5.82 Å². The van der Waals surface area contributed by atoms with Crippen molar-refractivity contribution in [3.05, 3.63) is 56.7 Å². The lowest BCUT2D eigenvalue weighted by molar-refractivity contribution is 0.130. The average molecular weight is 415 g/mol. The minimum absolute atomic E-state index is 0.0861. The van der Waals surface area contributed by atoms with E-state index in [1.54, 1.807) is 0 Å². The number of H-pyrrole nitrogens is 1. The van der Waals surface area contributed by atoms with Crippen LogP contribution < -0.4 is 10.5 Å². The molecule has 4 rings (SSSR count). The van der Waals surface area contributed by atoms with Crippen molar-refractivity contribution in [3.8, 4) is 0 Å². The fourth-order valence-corrected chi connectivity index (χ4v) is 4.99. The summed E-state index contributed by atoms with van der Waals surface area (Å²) in [4.78, 5) is 25.1. The van der Waals surface area contributed by atoms with Gasteiger partial charge in [-0.05, 0) is 76.8 Å². The van der Waals surface area contributed by atoms with Crippen molar-refractivity contribution in [3.63, 3.8) is 0 Å². The maximum atomic E-state index is 12.3. The monoisotopic (exact) mass is 414 g/mol. The number of nitrogens with one attached hydrogen (secondary N) is 1. The summed E-state index contributed by atoms with van der Waals surface area (Å²) < 4.78 is 0. The zero-order valence-corrected chi connectivity index (χ0v) is 18.2. The molecule has 2 heterocycles. The van der Waals surface area contributed by atoms with Gasteiger partial charge in [-0.1, -0.05) is 11.6 Å². The first-order chi connectivity index (χ1) is 14.0. The first kappa shape index (κ1) is 20.4. The molecule has 5 nitrogen and oxygen atoms in total. The van der Waals surface area contributed by atoms with Crippen LogP contribution in [0.2, 0.25) is 5.02 Å². The second kappa shape index (κ2) is 8.88. The highest BCUT2D eigenvalue weighted by molar-refractivity contribution is 6.30. The zero-order chi connectivity index (χ0) is 20.4. The van der Waals surface area contributed by atoms with Gasteiger partial charge in [-0.25, -0.2) is 4.98 Å². The summed E-state index contributed by atoms with van der Waals surface area (Å²) in [6.45, 7) is 7.66. The third-order valence-corrected chi connectivity index (χ3v) is 6.62. The van der Waals surface area contributed by atoms with E-state index in [0.29, 0.717) is 12.1 Å². The fourth-order valence-electron chi connectivity index (χ4n) is 4.86. The van der Waals surface area contributed by atoms with E-state index in [9.17, 15) is 4.79 Å². The summed E-state index contributed by atoms with van der Waals surface area (Å²) in [6, 6.07) is 9.09. The highest BCUT2D eigenvalue weighted by Crippen LogP contribution is 2.24. The molecule has 0 spiro atoms. The van der Waals surface area contributed by atoms with Crippen molar-refractivity contribution >= 4 is 17.3 Å². The number of benzene rings is 1. The van der Waals surface area contributed by atoms with Crippen LogP contribution in [0.1, 0.15) is 50.2 Å². The highest BCUT2D eigenvalue weighted by atomic mass is 35.5. The van der Waals surface area contributed by atoms with Crippen LogP contribution in [0, 0.1) is 0 Å². The molecule has 1 fully saturated rings. The average Bonchev–Trinajstić information content (AvgIpc) is 2.70. The number of anilines is 1. The number of aromatic amines is 1. The highest BCUT2D eigenvalue weighted by Gasteiger charge is 2.29. The van der Waals surface area contributed by atoms with Crippen LogP contribution in [-0.2, 0) is 19.3 Å². The Morgan fingerprint density at radius 1 is 1.10 bits per heavy atom. The largest absolute Gasteiger partial charge is 0.368 e. The Morgan fingerprint density at radius 2 is 1.79 bits per heavy atom. The number of aryl methyl sites for hydroxylation is 2. The van der Waals surface area contributed by atoms with E-state index >= 15 is 0 Å². The Bertz CT molecular complexity index is 883. The molecular formula is C23H31ClN4O. The standard InChI is InChI=1S/C23H31ClN4O/c1-16-14-27(19-11-9-18(24)10-12-19)15-17(2)28(16)13-5-8-22-25-21-7-4-3-6-20(21)23(29)26-22/h9-12,16-17H,3-8,13-15H2,1-2H3,(H,25,26,29)/t16-,17+. The summed E-state index contributed by atoms with van der Waals surface area (Å²) in [5.74, 6) is 0.857. The van der Waals surface area contributed by atoms with Crippen LogP contribution >= 0.6 is 11.6 Å². The summed E-state index contributed by atoms with van der Waals surface area (Å²) in [6.07, 6.45) is 5.93. The molecule has 1 saturated heterocycles. The van der Waals surface area contributed by atoms with Gasteiger partial charge in [0.15, 0.2) is 0 Å². The van der Waals surface area contributed by atoms with E-state index in [0.717, 1.165) is 80.3 Å². The predicted octanol–water partition coefficient (Wildman–Crippen LogP) is 3.83. The third kappa shape index (κ3) is 4.67. The molecule has 29 heavy (non-hydrogen) atoms. The van der Waals surface area contributed by atoms with E-state index in [1.165, 1.54) is 5.69 Å². The van der Waals surface area contributed by atoms with Crippen LogP contribution in [-0.4, -0.2) is 46.6 Å². The molecule has 0 bridgehead atoms. The maximum Gasteiger partial charge on any atom is 0.254 e. The number of piperazine rings is 1. The van der Waals surface area contributed by atoms with Gasteiger partial charge in [0, 0.05) is 47.9 Å². The quantitative estimate of drug-likeness (QED) is 0.807. The molecule has 2 atom stereocenters. The van der Waals surface area contributed by atoms with Gasteiger partial charge in [-0.3, -0.25) is 9.69 Å². The van der Waals surface area contributed by atoms with Gasteiger partial charge >= 0.3 is 0 Å². The SMILES string of the molecule is C[C@@H]1CN(c2ccc(Cl)cc2)C[C@H](C)N1CCCc1nc2c(c(=O)[nH]1)CCCC2. The Morgan fingerprint density at radius 3 is 2.52 bits per heavy atom. The number of aromatic nitrogens is 2. The van der Waals surface area contributed by atoms with Crippen LogP contribution in [0.3, 0.4) is 0 Å². The van der Waals surface area contributed by atoms with Gasteiger partial charge in [-0.15, -0.1) is 0 Å². The molecule has 156 valence electrons. The lowest BCUT2D eigenvalue weighted by atomic mass is 9.97. The van der Waals surface area contributed by atoms with Crippen LogP contribution in [0.5, 0.6) is 0 Å². The predicted molar refractivity (Wildman–Crippen MR) is 119 cm³/mol. The van der Waals surface area contributed by atoms with Crippen molar-refractivity contribution in [2.24, 2.45) is 0 Å². The molecule has 2 aliphatic rings. The van der Waals surface area contributed by atoms with E-state index in [1.807, 2.05) is 12.1 Å². The first-order valence-electron chi connectivity index (χ1n) is 10.9. The molecular weight excluding hydrogens is 384 g/mol. The second-order valence-electron chi connectivity index (χ2n) is 8.57. The molecule has 1 aliphatic heterocycles. The number of hydrogen-bond acceptors (Lipinski definition) is 4. The number of hydrogen-bond donors (Lipinski definition) is 1. The summed E-state index contributed by atoms with van der Waals surface area (Å²) in [5, 5.41) is 0.780. The van der Waals surface area contributed by atoms with Crippen molar-refractivity contribution in [1.82, 2.24) is 14.9 Å². The smallest absolute Gasteiger partial charge is 0.254 e. The number of halogens is 1. The number of nitrogens with zero attached hydrogens (tertiary/aromatic N) is 3. The van der Waals surface area contributed by atoms with Crippen molar-refractivity contribution in [1.29, 1.82) is 0 Å². The zero-order valence-electron chi connectivity index (χ0n) is 17.5. The minimum atomic E-state index is 0.0861. The minimum Gasteiger partial charge on any atom is -0.368 e. The molecule has 1 aromatic carbocycles. The van der Waals surface area contributed by atoms with Crippen LogP contribution in [0.15, 0.2) is 29.1 Å². The third-order valence-electron chi connectivity index (χ3n) is 6.36. The summed E-state index contributed by atoms with van der Waals surface area (Å²) >= 11 is 6.03. The molecule has 1 aromatic heterocycles. The summed E-state index contributed by atoms with van der Waals surface area (Å²) in [5.41, 5.74) is 3.28. The maximum absolute atomic E-state index is 12.3. The Balaban J connectivity index is 1.34. The van der Waals surface area contributed by atoms with Crippen molar-refractivity contribution in [2.45, 2.75) is 64.5 Å². The second-order valence-corrected chi connectivity index (χ2v) is 9.00. The summed E-state index contributed by atoms with van der Waals surface area (Å²) in [7, 11) is 0. The fraction of sp³-hybridized carbons (Fsp3) is 0.565. The lowest BCUT2D eigenvalue weighted by Gasteiger charge is -2.45. The topological polar surface area (TPSA) is 52.2 Å². The van der Waals surface area contributed by atoms with Crippen molar-refractivity contribution < 1.29 is 0 Å². The van der Waals surface area contributed by atoms with Gasteiger partial charge in [0.25, 0.3) is 5.56 Å². The molecule has 2 aromatic rings. The molecule has 0 radical (unpaired) electrons. The lowest BCUT2D eigenvalue weighted by Crippen LogP contribution is -2.57. The van der Waals surface area contributed by atoms with Gasteiger partial charge in [-0.2, -0.15) is 0 Å². The molecule has 1 N–H and O–H groups in total. The van der Waals surface area contributed by atoms with Crippen LogP contribution in [0.25, 0.3) is 0 Å². The van der Waals surface area contributed by atoms with E-state index in [-0.39, 0.29) is 5.56 Å². The van der Waals surface area contributed by atoms with Gasteiger partial charge in [0.2, 0.25) is 0 Å². The molecule has 0 saturated carbocycles. The van der Waals surface area contributed by atoms with Crippen LogP contribution in [0.4, 0.5) is 5.69 Å². The molecule has 0 unspecified atom stereocenters. The normalized spacial score (nSPS) is 22.5.